The SMILES string of the molecule is Cc1ccc(C(=O)/C=C/C=C/c2ccccc2)cc1[N+](=O)[O-]. The monoisotopic (exact) mass is 293 g/mol. The second-order valence-corrected chi connectivity index (χ2v) is 4.75. The first-order chi connectivity index (χ1) is 10.6. The fraction of sp³-hybridized carbons (Fsp3) is 0.0556. The Morgan fingerprint density at radius 2 is 1.82 bits per heavy atom. The summed E-state index contributed by atoms with van der Waals surface area (Å²) in [4.78, 5) is 22.4. The van der Waals surface area contributed by atoms with Gasteiger partial charge in [0.25, 0.3) is 5.69 Å². The molecule has 0 aliphatic rings. The molecule has 0 atom stereocenters. The van der Waals surface area contributed by atoms with E-state index in [9.17, 15) is 14.9 Å². The molecule has 2 rings (SSSR count). The summed E-state index contributed by atoms with van der Waals surface area (Å²) in [5.41, 5.74) is 1.83. The maximum absolute atomic E-state index is 12.0. The normalized spacial score (nSPS) is 11.1. The van der Waals surface area contributed by atoms with Crippen molar-refractivity contribution < 1.29 is 9.72 Å². The van der Waals surface area contributed by atoms with Gasteiger partial charge in [-0.2, -0.15) is 0 Å². The molecule has 0 fully saturated rings. The zero-order valence-corrected chi connectivity index (χ0v) is 12.1. The lowest BCUT2D eigenvalue weighted by atomic mass is 10.1. The van der Waals surface area contributed by atoms with Gasteiger partial charge in [0.2, 0.25) is 0 Å². The number of aryl methyl sites for hydroxylation is 1. The van der Waals surface area contributed by atoms with E-state index in [1.807, 2.05) is 36.4 Å². The van der Waals surface area contributed by atoms with Crippen LogP contribution in [-0.4, -0.2) is 10.7 Å². The van der Waals surface area contributed by atoms with E-state index in [1.165, 1.54) is 12.1 Å². The van der Waals surface area contributed by atoms with Crippen molar-refractivity contribution in [2.24, 2.45) is 0 Å². The Morgan fingerprint density at radius 3 is 2.50 bits per heavy atom. The van der Waals surface area contributed by atoms with E-state index < -0.39 is 4.92 Å². The molecule has 0 aromatic heterocycles. The molecule has 0 bridgehead atoms. The molecule has 110 valence electrons. The van der Waals surface area contributed by atoms with Gasteiger partial charge in [0.05, 0.1) is 4.92 Å². The van der Waals surface area contributed by atoms with Gasteiger partial charge in [0, 0.05) is 17.2 Å². The van der Waals surface area contributed by atoms with Crippen LogP contribution in [0.1, 0.15) is 21.5 Å². The number of carbonyl (C=O) groups is 1. The van der Waals surface area contributed by atoms with Crippen molar-refractivity contribution in [3.05, 3.63) is 93.6 Å². The molecule has 4 heteroatoms. The van der Waals surface area contributed by atoms with E-state index in [4.69, 9.17) is 0 Å². The van der Waals surface area contributed by atoms with Crippen LogP contribution in [0.5, 0.6) is 0 Å². The highest BCUT2D eigenvalue weighted by atomic mass is 16.6. The number of benzene rings is 2. The van der Waals surface area contributed by atoms with Crippen LogP contribution >= 0.6 is 0 Å². The highest BCUT2D eigenvalue weighted by molar-refractivity contribution is 6.05. The molecule has 4 nitrogen and oxygen atoms in total. The molecule has 0 spiro atoms. The number of carbonyl (C=O) groups excluding carboxylic acids is 1. The predicted octanol–water partition coefficient (Wildman–Crippen LogP) is 4.36. The van der Waals surface area contributed by atoms with Crippen molar-refractivity contribution in [2.75, 3.05) is 0 Å². The molecule has 22 heavy (non-hydrogen) atoms. The molecule has 2 aromatic carbocycles. The second kappa shape index (κ2) is 7.13. The number of allylic oxidation sites excluding steroid dienone is 3. The van der Waals surface area contributed by atoms with E-state index in [0.29, 0.717) is 11.1 Å². The fourth-order valence-corrected chi connectivity index (χ4v) is 1.93. The summed E-state index contributed by atoms with van der Waals surface area (Å²) in [6.07, 6.45) is 6.66. The summed E-state index contributed by atoms with van der Waals surface area (Å²) in [6, 6.07) is 14.2. The third-order valence-corrected chi connectivity index (χ3v) is 3.14. The van der Waals surface area contributed by atoms with Crippen LogP contribution in [0.2, 0.25) is 0 Å². The average molecular weight is 293 g/mol. The van der Waals surface area contributed by atoms with E-state index >= 15 is 0 Å². The molecular weight excluding hydrogens is 278 g/mol. The topological polar surface area (TPSA) is 60.2 Å². The molecule has 0 radical (unpaired) electrons. The van der Waals surface area contributed by atoms with E-state index in [2.05, 4.69) is 0 Å². The van der Waals surface area contributed by atoms with Gasteiger partial charge in [-0.25, -0.2) is 0 Å². The summed E-state index contributed by atoms with van der Waals surface area (Å²) in [5, 5.41) is 10.9. The summed E-state index contributed by atoms with van der Waals surface area (Å²) < 4.78 is 0. The van der Waals surface area contributed by atoms with Gasteiger partial charge in [-0.3, -0.25) is 14.9 Å². The van der Waals surface area contributed by atoms with Crippen LogP contribution in [0, 0.1) is 17.0 Å². The van der Waals surface area contributed by atoms with Crippen molar-refractivity contribution in [1.82, 2.24) is 0 Å². The number of hydrogen-bond acceptors (Lipinski definition) is 3. The first kappa shape index (κ1) is 15.4. The molecule has 0 unspecified atom stereocenters. The molecule has 2 aromatic rings. The molecule has 0 aliphatic heterocycles. The minimum Gasteiger partial charge on any atom is -0.289 e. The summed E-state index contributed by atoms with van der Waals surface area (Å²) in [6.45, 7) is 1.64. The maximum Gasteiger partial charge on any atom is 0.273 e. The fourth-order valence-electron chi connectivity index (χ4n) is 1.93. The van der Waals surface area contributed by atoms with Gasteiger partial charge in [-0.15, -0.1) is 0 Å². The summed E-state index contributed by atoms with van der Waals surface area (Å²) in [5.74, 6) is -0.263. The molecule has 0 heterocycles. The lowest BCUT2D eigenvalue weighted by Gasteiger charge is -1.99. The van der Waals surface area contributed by atoms with Crippen molar-refractivity contribution in [3.8, 4) is 0 Å². The zero-order valence-electron chi connectivity index (χ0n) is 12.1. The minimum atomic E-state index is -0.481. The lowest BCUT2D eigenvalue weighted by molar-refractivity contribution is -0.385. The first-order valence-electron chi connectivity index (χ1n) is 6.77. The largest absolute Gasteiger partial charge is 0.289 e. The maximum atomic E-state index is 12.0. The number of hydrogen-bond donors (Lipinski definition) is 0. The number of nitrogens with zero attached hydrogens (tertiary/aromatic N) is 1. The van der Waals surface area contributed by atoms with Gasteiger partial charge in [-0.05, 0) is 18.6 Å². The van der Waals surface area contributed by atoms with Crippen LogP contribution in [0.4, 0.5) is 5.69 Å². The van der Waals surface area contributed by atoms with Gasteiger partial charge in [0.15, 0.2) is 5.78 Å². The molecule has 0 saturated heterocycles. The smallest absolute Gasteiger partial charge is 0.273 e. The second-order valence-electron chi connectivity index (χ2n) is 4.75. The number of nitro benzene ring substituents is 1. The van der Waals surface area contributed by atoms with Crippen LogP contribution < -0.4 is 0 Å². The Bertz CT molecular complexity index is 746. The lowest BCUT2D eigenvalue weighted by Crippen LogP contribution is -1.98. The third kappa shape index (κ3) is 3.99. The zero-order chi connectivity index (χ0) is 15.9. The number of rotatable bonds is 5. The Balaban J connectivity index is 2.09. The average Bonchev–Trinajstić information content (AvgIpc) is 2.52. The molecule has 0 N–H and O–H groups in total. The van der Waals surface area contributed by atoms with Crippen LogP contribution in [0.15, 0.2) is 66.8 Å². The quantitative estimate of drug-likeness (QED) is 0.270. The molecule has 0 amide bonds. The molecular formula is C18H15NO3. The third-order valence-electron chi connectivity index (χ3n) is 3.14. The Hall–Kier alpha value is -3.01. The van der Waals surface area contributed by atoms with E-state index in [1.54, 1.807) is 31.2 Å². The highest BCUT2D eigenvalue weighted by Gasteiger charge is 2.13. The van der Waals surface area contributed by atoms with Gasteiger partial charge < -0.3 is 0 Å². The van der Waals surface area contributed by atoms with Crippen molar-refractivity contribution in [1.29, 1.82) is 0 Å². The summed E-state index contributed by atoms with van der Waals surface area (Å²) in [7, 11) is 0. The molecule has 0 saturated carbocycles. The van der Waals surface area contributed by atoms with Gasteiger partial charge in [-0.1, -0.05) is 60.7 Å². The van der Waals surface area contributed by atoms with E-state index in [-0.39, 0.29) is 11.5 Å². The van der Waals surface area contributed by atoms with Crippen molar-refractivity contribution in [3.63, 3.8) is 0 Å². The Morgan fingerprint density at radius 1 is 1.09 bits per heavy atom. The van der Waals surface area contributed by atoms with Gasteiger partial charge in [0.1, 0.15) is 0 Å². The highest BCUT2D eigenvalue weighted by Crippen LogP contribution is 2.19. The Kier molecular flexibility index (Phi) is 4.98. The van der Waals surface area contributed by atoms with E-state index in [0.717, 1.165) is 5.56 Å². The van der Waals surface area contributed by atoms with Crippen LogP contribution in [-0.2, 0) is 0 Å². The standard InChI is InChI=1S/C18H15NO3/c1-14-11-12-16(13-17(14)19(21)22)18(20)10-6-5-9-15-7-3-2-4-8-15/h2-13H,1H3/b9-5+,10-6+. The van der Waals surface area contributed by atoms with Crippen molar-refractivity contribution in [2.45, 2.75) is 6.92 Å². The molecule has 0 aliphatic carbocycles. The van der Waals surface area contributed by atoms with Crippen molar-refractivity contribution >= 4 is 17.5 Å². The number of nitro groups is 1. The van der Waals surface area contributed by atoms with Crippen LogP contribution in [0.25, 0.3) is 6.08 Å². The number of ketones is 1. The van der Waals surface area contributed by atoms with Gasteiger partial charge >= 0.3 is 0 Å². The predicted molar refractivity (Wildman–Crippen MR) is 86.8 cm³/mol. The summed E-state index contributed by atoms with van der Waals surface area (Å²) >= 11 is 0. The van der Waals surface area contributed by atoms with Crippen LogP contribution in [0.3, 0.4) is 0 Å². The Labute approximate surface area is 128 Å². The first-order valence-corrected chi connectivity index (χ1v) is 6.77. The minimum absolute atomic E-state index is 0.0425.